The van der Waals surface area contributed by atoms with Gasteiger partial charge in [0.15, 0.2) is 0 Å². The van der Waals surface area contributed by atoms with E-state index in [1.165, 1.54) is 13.2 Å². The van der Waals surface area contributed by atoms with Crippen molar-refractivity contribution in [2.24, 2.45) is 0 Å². The van der Waals surface area contributed by atoms with E-state index in [0.29, 0.717) is 17.7 Å². The van der Waals surface area contributed by atoms with Crippen molar-refractivity contribution in [2.45, 2.75) is 13.3 Å². The molecule has 0 aliphatic heterocycles. The van der Waals surface area contributed by atoms with Crippen LogP contribution in [0.4, 0.5) is 0 Å². The van der Waals surface area contributed by atoms with E-state index in [-0.39, 0.29) is 5.56 Å². The van der Waals surface area contributed by atoms with Crippen LogP contribution < -0.4 is 4.74 Å². The molecule has 15 heavy (non-hydrogen) atoms. The van der Waals surface area contributed by atoms with Gasteiger partial charge in [-0.2, -0.15) is 5.26 Å². The van der Waals surface area contributed by atoms with Gasteiger partial charge in [-0.1, -0.05) is 6.92 Å². The molecule has 0 saturated carbocycles. The maximum atomic E-state index is 10.9. The predicted octanol–water partition coefficient (Wildman–Crippen LogP) is 1.83. The minimum atomic E-state index is -1.09. The Kier molecular flexibility index (Phi) is 3.29. The second kappa shape index (κ2) is 4.47. The van der Waals surface area contributed by atoms with Crippen molar-refractivity contribution < 1.29 is 14.6 Å². The first-order valence-corrected chi connectivity index (χ1v) is 4.48. The molecule has 0 bridgehead atoms. The Morgan fingerprint density at radius 2 is 2.27 bits per heavy atom. The highest BCUT2D eigenvalue weighted by Gasteiger charge is 2.14. The summed E-state index contributed by atoms with van der Waals surface area (Å²) < 4.78 is 4.96. The molecule has 0 aromatic heterocycles. The Balaban J connectivity index is 3.42. The maximum Gasteiger partial charge on any atom is 0.339 e. The molecule has 1 aromatic rings. The number of aryl methyl sites for hydroxylation is 1. The summed E-state index contributed by atoms with van der Waals surface area (Å²) in [5.74, 6) is -0.802. The smallest absolute Gasteiger partial charge is 0.339 e. The number of hydrogen-bond donors (Lipinski definition) is 1. The van der Waals surface area contributed by atoms with Crippen LogP contribution in [0.5, 0.6) is 5.75 Å². The molecule has 0 heterocycles. The summed E-state index contributed by atoms with van der Waals surface area (Å²) in [7, 11) is 1.41. The summed E-state index contributed by atoms with van der Waals surface area (Å²) in [6, 6.07) is 4.92. The summed E-state index contributed by atoms with van der Waals surface area (Å²) in [6.07, 6.45) is 0.666. The van der Waals surface area contributed by atoms with Gasteiger partial charge >= 0.3 is 5.97 Å². The molecule has 78 valence electrons. The first-order chi connectivity index (χ1) is 7.13. The SMILES string of the molecule is CCc1cc(OC)c(C(=O)O)cc1C#N. The summed E-state index contributed by atoms with van der Waals surface area (Å²) in [5, 5.41) is 17.7. The molecule has 0 amide bonds. The number of carbonyl (C=O) groups is 1. The van der Waals surface area contributed by atoms with E-state index in [1.807, 2.05) is 13.0 Å². The third-order valence-electron chi connectivity index (χ3n) is 2.16. The van der Waals surface area contributed by atoms with Gasteiger partial charge in [-0.15, -0.1) is 0 Å². The van der Waals surface area contributed by atoms with Gasteiger partial charge < -0.3 is 9.84 Å². The van der Waals surface area contributed by atoms with Gasteiger partial charge in [0.05, 0.1) is 18.7 Å². The molecule has 1 rings (SSSR count). The molecule has 0 spiro atoms. The van der Waals surface area contributed by atoms with E-state index in [1.54, 1.807) is 6.07 Å². The van der Waals surface area contributed by atoms with Gasteiger partial charge in [0.25, 0.3) is 0 Å². The quantitative estimate of drug-likeness (QED) is 0.817. The van der Waals surface area contributed by atoms with Gasteiger partial charge in [-0.3, -0.25) is 0 Å². The normalized spacial score (nSPS) is 9.40. The fourth-order valence-corrected chi connectivity index (χ4v) is 1.35. The van der Waals surface area contributed by atoms with E-state index < -0.39 is 5.97 Å². The van der Waals surface area contributed by atoms with E-state index >= 15 is 0 Å². The van der Waals surface area contributed by atoms with Crippen molar-refractivity contribution in [2.75, 3.05) is 7.11 Å². The average molecular weight is 205 g/mol. The number of carboxylic acids is 1. The number of nitrogens with zero attached hydrogens (tertiary/aromatic N) is 1. The lowest BCUT2D eigenvalue weighted by Gasteiger charge is -2.08. The number of aromatic carboxylic acids is 1. The molecular formula is C11H11NO3. The zero-order valence-electron chi connectivity index (χ0n) is 8.57. The highest BCUT2D eigenvalue weighted by atomic mass is 16.5. The minimum Gasteiger partial charge on any atom is -0.496 e. The third kappa shape index (κ3) is 2.08. The van der Waals surface area contributed by atoms with Crippen LogP contribution in [0, 0.1) is 11.3 Å². The first-order valence-electron chi connectivity index (χ1n) is 4.48. The van der Waals surface area contributed by atoms with Crippen LogP contribution in [0.25, 0.3) is 0 Å². The fraction of sp³-hybridized carbons (Fsp3) is 0.273. The summed E-state index contributed by atoms with van der Waals surface area (Å²) >= 11 is 0. The van der Waals surface area contributed by atoms with Crippen molar-refractivity contribution in [1.29, 1.82) is 5.26 Å². The van der Waals surface area contributed by atoms with Crippen LogP contribution >= 0.6 is 0 Å². The number of carboxylic acid groups (broad SMARTS) is 1. The highest BCUT2D eigenvalue weighted by Crippen LogP contribution is 2.23. The van der Waals surface area contributed by atoms with Gasteiger partial charge in [0.1, 0.15) is 11.3 Å². The number of rotatable bonds is 3. The van der Waals surface area contributed by atoms with Crippen molar-refractivity contribution >= 4 is 5.97 Å². The van der Waals surface area contributed by atoms with Crippen LogP contribution in [0.3, 0.4) is 0 Å². The van der Waals surface area contributed by atoms with Crippen LogP contribution in [-0.4, -0.2) is 18.2 Å². The molecule has 4 nitrogen and oxygen atoms in total. The second-order valence-corrected chi connectivity index (χ2v) is 2.98. The lowest BCUT2D eigenvalue weighted by atomic mass is 10.0. The van der Waals surface area contributed by atoms with Gasteiger partial charge in [0.2, 0.25) is 0 Å². The Bertz CT molecular complexity index is 432. The number of methoxy groups -OCH3 is 1. The molecule has 0 fully saturated rings. The summed E-state index contributed by atoms with van der Waals surface area (Å²) in [5.41, 5.74) is 1.20. The third-order valence-corrected chi connectivity index (χ3v) is 2.16. The van der Waals surface area contributed by atoms with E-state index in [0.717, 1.165) is 5.56 Å². The molecule has 1 aromatic carbocycles. The van der Waals surface area contributed by atoms with E-state index in [4.69, 9.17) is 15.1 Å². The lowest BCUT2D eigenvalue weighted by Crippen LogP contribution is -2.03. The average Bonchev–Trinajstić information content (AvgIpc) is 2.26. The minimum absolute atomic E-state index is 0.0197. The second-order valence-electron chi connectivity index (χ2n) is 2.98. The number of nitriles is 1. The molecule has 0 aliphatic carbocycles. The van der Waals surface area contributed by atoms with Gasteiger partial charge in [0, 0.05) is 0 Å². The van der Waals surface area contributed by atoms with Crippen LogP contribution in [0.1, 0.15) is 28.4 Å². The Morgan fingerprint density at radius 3 is 2.67 bits per heavy atom. The summed E-state index contributed by atoms with van der Waals surface area (Å²) in [4.78, 5) is 10.9. The lowest BCUT2D eigenvalue weighted by molar-refractivity contribution is 0.0693. The van der Waals surface area contributed by atoms with Crippen molar-refractivity contribution in [3.05, 3.63) is 28.8 Å². The largest absolute Gasteiger partial charge is 0.496 e. The standard InChI is InChI=1S/C11H11NO3/c1-3-7-5-10(15-2)9(11(13)14)4-8(7)6-12/h4-5H,3H2,1-2H3,(H,13,14). The summed E-state index contributed by atoms with van der Waals surface area (Å²) in [6.45, 7) is 1.90. The Hall–Kier alpha value is -2.02. The number of hydrogen-bond acceptors (Lipinski definition) is 3. The Morgan fingerprint density at radius 1 is 1.60 bits per heavy atom. The Labute approximate surface area is 87.7 Å². The predicted molar refractivity (Wildman–Crippen MR) is 54.0 cm³/mol. The van der Waals surface area contributed by atoms with Crippen molar-refractivity contribution in [3.8, 4) is 11.8 Å². The number of benzene rings is 1. The molecule has 0 radical (unpaired) electrons. The molecule has 0 unspecified atom stereocenters. The van der Waals surface area contributed by atoms with E-state index in [2.05, 4.69) is 0 Å². The fourth-order valence-electron chi connectivity index (χ4n) is 1.35. The van der Waals surface area contributed by atoms with Crippen LogP contribution in [0.2, 0.25) is 0 Å². The zero-order valence-corrected chi connectivity index (χ0v) is 8.57. The molecule has 0 aliphatic rings. The molecule has 0 atom stereocenters. The molecule has 1 N–H and O–H groups in total. The van der Waals surface area contributed by atoms with Crippen molar-refractivity contribution in [1.82, 2.24) is 0 Å². The van der Waals surface area contributed by atoms with Gasteiger partial charge in [-0.05, 0) is 24.1 Å². The molecule has 0 saturated heterocycles. The van der Waals surface area contributed by atoms with Crippen molar-refractivity contribution in [3.63, 3.8) is 0 Å². The van der Waals surface area contributed by atoms with Crippen LogP contribution in [-0.2, 0) is 6.42 Å². The molecular weight excluding hydrogens is 194 g/mol. The topological polar surface area (TPSA) is 70.3 Å². The molecule has 4 heteroatoms. The van der Waals surface area contributed by atoms with E-state index in [9.17, 15) is 4.79 Å². The first kappa shape index (κ1) is 11.1. The van der Waals surface area contributed by atoms with Gasteiger partial charge in [-0.25, -0.2) is 4.79 Å². The zero-order chi connectivity index (χ0) is 11.4. The van der Waals surface area contributed by atoms with Crippen LogP contribution in [0.15, 0.2) is 12.1 Å². The highest BCUT2D eigenvalue weighted by molar-refractivity contribution is 5.91. The monoisotopic (exact) mass is 205 g/mol. The number of ether oxygens (including phenoxy) is 1. The maximum absolute atomic E-state index is 10.9.